The molecule has 0 fully saturated rings. The smallest absolute Gasteiger partial charge is 0.305 e. The summed E-state index contributed by atoms with van der Waals surface area (Å²) in [6, 6.07) is 0. The van der Waals surface area contributed by atoms with Crippen molar-refractivity contribution >= 4 is 11.9 Å². The second-order valence-electron chi connectivity index (χ2n) is 7.78. The lowest BCUT2D eigenvalue weighted by Gasteiger charge is -2.21. The van der Waals surface area contributed by atoms with Crippen LogP contribution in [0.25, 0.3) is 0 Å². The number of ether oxygens (including phenoxy) is 1. The zero-order valence-corrected chi connectivity index (χ0v) is 18.4. The first-order valence-corrected chi connectivity index (χ1v) is 11.4. The van der Waals surface area contributed by atoms with Crippen molar-refractivity contribution in [3.8, 4) is 0 Å². The van der Waals surface area contributed by atoms with Crippen LogP contribution >= 0.6 is 0 Å². The first-order chi connectivity index (χ1) is 13.1. The minimum absolute atomic E-state index is 0.116. The van der Waals surface area contributed by atoms with Gasteiger partial charge in [0.15, 0.2) is 0 Å². The molecular weight excluding hydrogens is 338 g/mol. The highest BCUT2D eigenvalue weighted by molar-refractivity contribution is 5.73. The summed E-state index contributed by atoms with van der Waals surface area (Å²) < 4.78 is 4.64. The lowest BCUT2D eigenvalue weighted by molar-refractivity contribution is -0.140. The van der Waals surface area contributed by atoms with Crippen LogP contribution in [0.5, 0.6) is 0 Å². The topological polar surface area (TPSA) is 46.6 Å². The molecule has 0 saturated carbocycles. The molecule has 0 rings (SSSR count). The Kier molecular flexibility index (Phi) is 18.9. The molecular formula is C23H45NO3. The Bertz CT molecular complexity index is 358. The van der Waals surface area contributed by atoms with E-state index in [4.69, 9.17) is 0 Å². The van der Waals surface area contributed by atoms with E-state index in [2.05, 4.69) is 11.7 Å². The molecule has 4 heteroatoms. The third-order valence-electron chi connectivity index (χ3n) is 5.26. The second kappa shape index (κ2) is 19.7. The molecule has 0 aromatic heterocycles. The van der Waals surface area contributed by atoms with Crippen LogP contribution in [0.3, 0.4) is 0 Å². The number of esters is 1. The predicted octanol–water partition coefficient (Wildman–Crippen LogP) is 6.27. The van der Waals surface area contributed by atoms with Gasteiger partial charge in [0.1, 0.15) is 0 Å². The summed E-state index contributed by atoms with van der Waals surface area (Å²) in [6.07, 6.45) is 19.1. The van der Waals surface area contributed by atoms with Crippen molar-refractivity contribution in [2.75, 3.05) is 20.2 Å². The zero-order valence-electron chi connectivity index (χ0n) is 18.4. The Morgan fingerprint density at radius 3 is 1.48 bits per heavy atom. The molecule has 0 aliphatic heterocycles. The Morgan fingerprint density at radius 1 is 0.667 bits per heavy atom. The fourth-order valence-electron chi connectivity index (χ4n) is 3.42. The van der Waals surface area contributed by atoms with Crippen molar-refractivity contribution in [1.82, 2.24) is 4.90 Å². The maximum Gasteiger partial charge on any atom is 0.305 e. The van der Waals surface area contributed by atoms with Crippen LogP contribution in [0.15, 0.2) is 0 Å². The number of hydrogen-bond donors (Lipinski definition) is 0. The van der Waals surface area contributed by atoms with Gasteiger partial charge in [-0.25, -0.2) is 0 Å². The van der Waals surface area contributed by atoms with Crippen LogP contribution in [0.1, 0.15) is 117 Å². The quantitative estimate of drug-likeness (QED) is 0.195. The van der Waals surface area contributed by atoms with Gasteiger partial charge in [-0.05, 0) is 19.3 Å². The van der Waals surface area contributed by atoms with Gasteiger partial charge in [-0.1, -0.05) is 84.0 Å². The molecule has 0 spiro atoms. The number of amides is 1. The van der Waals surface area contributed by atoms with E-state index in [-0.39, 0.29) is 11.9 Å². The SMILES string of the molecule is CCCCCCCCCCCCN(CCCCCCCC(=O)OC)C(C)=O. The fraction of sp³-hybridized carbons (Fsp3) is 0.913. The van der Waals surface area contributed by atoms with Gasteiger partial charge in [0.05, 0.1) is 7.11 Å². The summed E-state index contributed by atoms with van der Waals surface area (Å²) in [5, 5.41) is 0. The standard InChI is InChI=1S/C23H45NO3/c1-4-5-6-7-8-9-10-11-14-17-20-24(22(2)25)21-18-15-12-13-16-19-23(26)27-3/h4-21H2,1-3H3. The van der Waals surface area contributed by atoms with Crippen LogP contribution in [0, 0.1) is 0 Å². The number of unbranched alkanes of at least 4 members (excludes halogenated alkanes) is 13. The molecule has 0 atom stereocenters. The Morgan fingerprint density at radius 2 is 1.07 bits per heavy atom. The number of methoxy groups -OCH3 is 1. The molecule has 4 nitrogen and oxygen atoms in total. The van der Waals surface area contributed by atoms with Crippen LogP contribution in [-0.4, -0.2) is 37.0 Å². The molecule has 0 N–H and O–H groups in total. The summed E-state index contributed by atoms with van der Waals surface area (Å²) >= 11 is 0. The normalized spacial score (nSPS) is 10.8. The van der Waals surface area contributed by atoms with Gasteiger partial charge in [-0.3, -0.25) is 9.59 Å². The van der Waals surface area contributed by atoms with Crippen molar-refractivity contribution in [1.29, 1.82) is 0 Å². The molecule has 0 radical (unpaired) electrons. The molecule has 0 aliphatic carbocycles. The molecule has 0 unspecified atom stereocenters. The third-order valence-corrected chi connectivity index (χ3v) is 5.26. The van der Waals surface area contributed by atoms with Crippen LogP contribution in [-0.2, 0) is 14.3 Å². The molecule has 0 heterocycles. The average molecular weight is 384 g/mol. The molecule has 160 valence electrons. The maximum absolute atomic E-state index is 11.8. The number of hydrogen-bond acceptors (Lipinski definition) is 3. The van der Waals surface area contributed by atoms with Crippen molar-refractivity contribution in [3.05, 3.63) is 0 Å². The Labute approximate surface area is 168 Å². The van der Waals surface area contributed by atoms with Gasteiger partial charge < -0.3 is 9.64 Å². The van der Waals surface area contributed by atoms with Crippen LogP contribution in [0.4, 0.5) is 0 Å². The minimum Gasteiger partial charge on any atom is -0.469 e. The second-order valence-corrected chi connectivity index (χ2v) is 7.78. The first kappa shape index (κ1) is 25.9. The molecule has 0 aliphatic rings. The lowest BCUT2D eigenvalue weighted by atomic mass is 10.1. The minimum atomic E-state index is -0.116. The number of nitrogens with zero attached hydrogens (tertiary/aromatic N) is 1. The van der Waals surface area contributed by atoms with E-state index in [0.717, 1.165) is 51.6 Å². The number of carbonyl (C=O) groups excluding carboxylic acids is 2. The van der Waals surface area contributed by atoms with Crippen molar-refractivity contribution < 1.29 is 14.3 Å². The molecule has 27 heavy (non-hydrogen) atoms. The van der Waals surface area contributed by atoms with Gasteiger partial charge in [-0.2, -0.15) is 0 Å². The van der Waals surface area contributed by atoms with E-state index in [0.29, 0.717) is 6.42 Å². The fourth-order valence-corrected chi connectivity index (χ4v) is 3.42. The Hall–Kier alpha value is -1.06. The summed E-state index contributed by atoms with van der Waals surface area (Å²) in [5.74, 6) is 0.0888. The van der Waals surface area contributed by atoms with Gasteiger partial charge in [0.25, 0.3) is 0 Å². The van der Waals surface area contributed by atoms with E-state index >= 15 is 0 Å². The lowest BCUT2D eigenvalue weighted by Crippen LogP contribution is -2.30. The van der Waals surface area contributed by atoms with Crippen LogP contribution < -0.4 is 0 Å². The van der Waals surface area contributed by atoms with E-state index in [1.165, 1.54) is 64.9 Å². The maximum atomic E-state index is 11.8. The van der Waals surface area contributed by atoms with E-state index in [1.54, 1.807) is 6.92 Å². The van der Waals surface area contributed by atoms with E-state index < -0.39 is 0 Å². The van der Waals surface area contributed by atoms with Crippen molar-refractivity contribution in [2.24, 2.45) is 0 Å². The predicted molar refractivity (Wildman–Crippen MR) is 114 cm³/mol. The van der Waals surface area contributed by atoms with E-state index in [9.17, 15) is 9.59 Å². The van der Waals surface area contributed by atoms with Crippen LogP contribution in [0.2, 0.25) is 0 Å². The summed E-state index contributed by atoms with van der Waals surface area (Å²) in [7, 11) is 1.44. The number of rotatable bonds is 19. The highest BCUT2D eigenvalue weighted by Crippen LogP contribution is 2.12. The van der Waals surface area contributed by atoms with Crippen molar-refractivity contribution in [2.45, 2.75) is 117 Å². The summed E-state index contributed by atoms with van der Waals surface area (Å²) in [5.41, 5.74) is 0. The highest BCUT2D eigenvalue weighted by Gasteiger charge is 2.07. The summed E-state index contributed by atoms with van der Waals surface area (Å²) in [6.45, 7) is 5.74. The zero-order chi connectivity index (χ0) is 20.2. The highest BCUT2D eigenvalue weighted by atomic mass is 16.5. The van der Waals surface area contributed by atoms with Gasteiger partial charge >= 0.3 is 5.97 Å². The molecule has 0 saturated heterocycles. The molecule has 0 aromatic carbocycles. The van der Waals surface area contributed by atoms with Gasteiger partial charge in [0, 0.05) is 26.4 Å². The number of carbonyl (C=O) groups is 2. The first-order valence-electron chi connectivity index (χ1n) is 11.4. The third kappa shape index (κ3) is 18.1. The molecule has 1 amide bonds. The Balaban J connectivity index is 3.52. The van der Waals surface area contributed by atoms with Crippen molar-refractivity contribution in [3.63, 3.8) is 0 Å². The largest absolute Gasteiger partial charge is 0.469 e. The summed E-state index contributed by atoms with van der Waals surface area (Å²) in [4.78, 5) is 24.8. The van der Waals surface area contributed by atoms with E-state index in [1.807, 2.05) is 4.90 Å². The molecule has 0 aromatic rings. The van der Waals surface area contributed by atoms with Gasteiger partial charge in [-0.15, -0.1) is 0 Å². The monoisotopic (exact) mass is 383 g/mol. The van der Waals surface area contributed by atoms with Gasteiger partial charge in [0.2, 0.25) is 5.91 Å². The average Bonchev–Trinajstić information content (AvgIpc) is 2.66. The molecule has 0 bridgehead atoms.